The highest BCUT2D eigenvalue weighted by molar-refractivity contribution is 7.15. The first-order valence-corrected chi connectivity index (χ1v) is 10.9. The van der Waals surface area contributed by atoms with Crippen LogP contribution in [0.1, 0.15) is 30.7 Å². The summed E-state index contributed by atoms with van der Waals surface area (Å²) in [5.41, 5.74) is 1.78. The molecular weight excluding hydrogens is 414 g/mol. The molecule has 1 aromatic heterocycles. The zero-order chi connectivity index (χ0) is 21.7. The highest BCUT2D eigenvalue weighted by Gasteiger charge is 2.40. The van der Waals surface area contributed by atoms with E-state index >= 15 is 0 Å². The predicted octanol–water partition coefficient (Wildman–Crippen LogP) is 5.32. The molecule has 1 aliphatic carbocycles. The standard InChI is InChI=1S/C23H23N3O4S/c27-20(28)15-30-23(12-4-5-13-23)21-24-14-19(31-21)16-8-10-18(11-9-16)26-22(29)25-17-6-2-1-3-7-17/h1-3,6-11,14H,4-5,12-13,15H2,(H,27,28)(H2,25,26,29). The Labute approximate surface area is 184 Å². The van der Waals surface area contributed by atoms with Crippen molar-refractivity contribution >= 4 is 34.7 Å². The summed E-state index contributed by atoms with van der Waals surface area (Å²) in [6, 6.07) is 16.5. The summed E-state index contributed by atoms with van der Waals surface area (Å²) in [5, 5.41) is 15.4. The molecule has 31 heavy (non-hydrogen) atoms. The lowest BCUT2D eigenvalue weighted by molar-refractivity contribution is -0.150. The molecule has 0 atom stereocenters. The predicted molar refractivity (Wildman–Crippen MR) is 120 cm³/mol. The van der Waals surface area contributed by atoms with E-state index in [9.17, 15) is 9.59 Å². The Balaban J connectivity index is 1.43. The van der Waals surface area contributed by atoms with Crippen LogP contribution in [-0.4, -0.2) is 28.7 Å². The number of nitrogens with one attached hydrogen (secondary N) is 2. The van der Waals surface area contributed by atoms with Gasteiger partial charge < -0.3 is 20.5 Å². The largest absolute Gasteiger partial charge is 0.480 e. The van der Waals surface area contributed by atoms with E-state index < -0.39 is 11.6 Å². The van der Waals surface area contributed by atoms with Crippen molar-refractivity contribution in [2.75, 3.05) is 17.2 Å². The Morgan fingerprint density at radius 3 is 2.29 bits per heavy atom. The lowest BCUT2D eigenvalue weighted by Gasteiger charge is -2.26. The van der Waals surface area contributed by atoms with Crippen molar-refractivity contribution in [2.24, 2.45) is 0 Å². The van der Waals surface area contributed by atoms with Crippen molar-refractivity contribution in [3.63, 3.8) is 0 Å². The first kappa shape index (κ1) is 21.0. The first-order chi connectivity index (χ1) is 15.0. The van der Waals surface area contributed by atoms with Crippen LogP contribution in [0.2, 0.25) is 0 Å². The topological polar surface area (TPSA) is 101 Å². The first-order valence-electron chi connectivity index (χ1n) is 10.1. The summed E-state index contributed by atoms with van der Waals surface area (Å²) in [4.78, 5) is 28.7. The van der Waals surface area contributed by atoms with Gasteiger partial charge in [0.15, 0.2) is 0 Å². The van der Waals surface area contributed by atoms with Gasteiger partial charge in [-0.25, -0.2) is 14.6 Å². The van der Waals surface area contributed by atoms with Crippen LogP contribution in [0.15, 0.2) is 60.8 Å². The van der Waals surface area contributed by atoms with Gasteiger partial charge in [0.25, 0.3) is 0 Å². The number of amides is 2. The summed E-state index contributed by atoms with van der Waals surface area (Å²) in [5.74, 6) is -0.970. The number of thiazole rings is 1. The van der Waals surface area contributed by atoms with Crippen molar-refractivity contribution in [3.05, 3.63) is 65.8 Å². The van der Waals surface area contributed by atoms with Crippen LogP contribution in [0.4, 0.5) is 16.2 Å². The molecular formula is C23H23N3O4S. The minimum absolute atomic E-state index is 0.308. The highest BCUT2D eigenvalue weighted by Crippen LogP contribution is 2.45. The molecule has 0 saturated heterocycles. The number of carbonyl (C=O) groups is 2. The third-order valence-corrected chi connectivity index (χ3v) is 6.47. The number of nitrogens with zero attached hydrogens (tertiary/aromatic N) is 1. The lowest BCUT2D eigenvalue weighted by atomic mass is 10.0. The molecule has 4 rings (SSSR count). The second kappa shape index (κ2) is 9.28. The van der Waals surface area contributed by atoms with Crippen molar-refractivity contribution < 1.29 is 19.4 Å². The van der Waals surface area contributed by atoms with Gasteiger partial charge in [-0.3, -0.25) is 0 Å². The summed E-state index contributed by atoms with van der Waals surface area (Å²) < 4.78 is 5.79. The van der Waals surface area contributed by atoms with Gasteiger partial charge >= 0.3 is 12.0 Å². The smallest absolute Gasteiger partial charge is 0.329 e. The fourth-order valence-electron chi connectivity index (χ4n) is 3.72. The van der Waals surface area contributed by atoms with Gasteiger partial charge in [-0.05, 0) is 42.7 Å². The average Bonchev–Trinajstić information content (AvgIpc) is 3.44. The molecule has 2 aromatic carbocycles. The molecule has 1 fully saturated rings. The maximum absolute atomic E-state index is 12.1. The fourth-order valence-corrected chi connectivity index (χ4v) is 4.84. The highest BCUT2D eigenvalue weighted by atomic mass is 32.1. The normalized spacial score (nSPS) is 14.8. The number of carboxylic acids is 1. The summed E-state index contributed by atoms with van der Waals surface area (Å²) >= 11 is 1.53. The van der Waals surface area contributed by atoms with Gasteiger partial charge in [0, 0.05) is 17.6 Å². The molecule has 8 heteroatoms. The maximum atomic E-state index is 12.1. The Hall–Kier alpha value is -3.23. The van der Waals surface area contributed by atoms with Gasteiger partial charge in [0.05, 0.1) is 4.88 Å². The molecule has 0 radical (unpaired) electrons. The molecule has 3 N–H and O–H groups in total. The van der Waals surface area contributed by atoms with Gasteiger partial charge in [-0.15, -0.1) is 11.3 Å². The molecule has 0 bridgehead atoms. The van der Waals surface area contributed by atoms with Crippen LogP contribution in [-0.2, 0) is 15.1 Å². The molecule has 2 amide bonds. The monoisotopic (exact) mass is 437 g/mol. The van der Waals surface area contributed by atoms with E-state index in [2.05, 4.69) is 15.6 Å². The van der Waals surface area contributed by atoms with Crippen molar-refractivity contribution in [1.29, 1.82) is 0 Å². The molecule has 1 saturated carbocycles. The number of ether oxygens (including phenoxy) is 1. The Morgan fingerprint density at radius 2 is 1.65 bits per heavy atom. The van der Waals surface area contributed by atoms with Gasteiger partial charge in [0.1, 0.15) is 17.2 Å². The zero-order valence-electron chi connectivity index (χ0n) is 16.8. The van der Waals surface area contributed by atoms with Crippen LogP contribution < -0.4 is 10.6 Å². The van der Waals surface area contributed by atoms with Crippen molar-refractivity contribution in [1.82, 2.24) is 4.98 Å². The zero-order valence-corrected chi connectivity index (χ0v) is 17.7. The molecule has 0 aliphatic heterocycles. The van der Waals surface area contributed by atoms with Crippen molar-refractivity contribution in [2.45, 2.75) is 31.3 Å². The van der Waals surface area contributed by atoms with Gasteiger partial charge in [-0.1, -0.05) is 43.2 Å². The maximum Gasteiger partial charge on any atom is 0.329 e. The number of carboxylic acid groups (broad SMARTS) is 1. The average molecular weight is 438 g/mol. The van der Waals surface area contributed by atoms with E-state index in [4.69, 9.17) is 9.84 Å². The molecule has 1 heterocycles. The Morgan fingerprint density at radius 1 is 1.00 bits per heavy atom. The molecule has 0 spiro atoms. The number of carbonyl (C=O) groups excluding carboxylic acids is 1. The van der Waals surface area contributed by atoms with Crippen LogP contribution >= 0.6 is 11.3 Å². The summed E-state index contributed by atoms with van der Waals surface area (Å²) in [7, 11) is 0. The molecule has 0 unspecified atom stereocenters. The number of rotatable bonds is 7. The second-order valence-electron chi connectivity index (χ2n) is 7.44. The van der Waals surface area contributed by atoms with E-state index in [0.717, 1.165) is 46.8 Å². The minimum Gasteiger partial charge on any atom is -0.480 e. The second-order valence-corrected chi connectivity index (χ2v) is 8.47. The summed E-state index contributed by atoms with van der Waals surface area (Å²) in [6.07, 6.45) is 5.37. The van der Waals surface area contributed by atoms with Crippen LogP contribution in [0.5, 0.6) is 0 Å². The van der Waals surface area contributed by atoms with E-state index in [1.807, 2.05) is 54.6 Å². The molecule has 1 aliphatic rings. The number of urea groups is 1. The SMILES string of the molecule is O=C(O)COC1(c2ncc(-c3ccc(NC(=O)Nc4ccccc4)cc3)s2)CCCC1. The fraction of sp³-hybridized carbons (Fsp3) is 0.261. The summed E-state index contributed by atoms with van der Waals surface area (Å²) in [6.45, 7) is -0.319. The third-order valence-electron chi connectivity index (χ3n) is 5.24. The Kier molecular flexibility index (Phi) is 6.29. The number of aromatic nitrogens is 1. The van der Waals surface area contributed by atoms with E-state index in [1.54, 1.807) is 6.20 Å². The van der Waals surface area contributed by atoms with Crippen molar-refractivity contribution in [3.8, 4) is 10.4 Å². The number of aliphatic carboxylic acids is 1. The number of benzene rings is 2. The number of para-hydroxylation sites is 1. The number of hydrogen-bond acceptors (Lipinski definition) is 5. The Bertz CT molecular complexity index is 1040. The lowest BCUT2D eigenvalue weighted by Crippen LogP contribution is -2.28. The number of anilines is 2. The molecule has 7 nitrogen and oxygen atoms in total. The van der Waals surface area contributed by atoms with Crippen LogP contribution in [0.3, 0.4) is 0 Å². The van der Waals surface area contributed by atoms with E-state index in [0.29, 0.717) is 5.69 Å². The van der Waals surface area contributed by atoms with Gasteiger partial charge in [-0.2, -0.15) is 0 Å². The quantitative estimate of drug-likeness (QED) is 0.464. The minimum atomic E-state index is -0.970. The van der Waals surface area contributed by atoms with Gasteiger partial charge in [0.2, 0.25) is 0 Å². The van der Waals surface area contributed by atoms with Crippen LogP contribution in [0.25, 0.3) is 10.4 Å². The molecule has 3 aromatic rings. The molecule has 160 valence electrons. The van der Waals surface area contributed by atoms with E-state index in [1.165, 1.54) is 11.3 Å². The van der Waals surface area contributed by atoms with Crippen LogP contribution in [0, 0.1) is 0 Å². The van der Waals surface area contributed by atoms with E-state index in [-0.39, 0.29) is 12.6 Å². The third kappa shape index (κ3) is 5.10. The number of hydrogen-bond donors (Lipinski definition) is 3.